The molecule has 0 unspecified atom stereocenters. The van der Waals surface area contributed by atoms with Gasteiger partial charge < -0.3 is 19.7 Å². The van der Waals surface area contributed by atoms with Crippen LogP contribution in [0, 0.1) is 5.92 Å². The second kappa shape index (κ2) is 10.7. The van der Waals surface area contributed by atoms with E-state index >= 15 is 0 Å². The van der Waals surface area contributed by atoms with Gasteiger partial charge in [-0.05, 0) is 65.2 Å². The van der Waals surface area contributed by atoms with Crippen molar-refractivity contribution in [2.24, 2.45) is 5.92 Å². The highest BCUT2D eigenvalue weighted by molar-refractivity contribution is 6.16. The molecule has 1 spiro atoms. The zero-order valence-electron chi connectivity index (χ0n) is 24.1. The molecule has 1 saturated heterocycles. The van der Waals surface area contributed by atoms with Crippen LogP contribution in [-0.4, -0.2) is 42.1 Å². The molecule has 1 N–H and O–H groups in total. The number of anilines is 1. The molecule has 0 bridgehead atoms. The van der Waals surface area contributed by atoms with Gasteiger partial charge in [0.25, 0.3) is 0 Å². The number of Topliss-reactive ketones (excluding diaryl/α,β-unsaturated/α-hetero) is 2. The van der Waals surface area contributed by atoms with Gasteiger partial charge in [0.15, 0.2) is 11.6 Å². The maximum atomic E-state index is 14.9. The van der Waals surface area contributed by atoms with Gasteiger partial charge in [0, 0.05) is 23.0 Å². The Hall–Kier alpha value is -5.43. The average molecular weight is 583 g/mol. The van der Waals surface area contributed by atoms with Crippen molar-refractivity contribution in [1.29, 1.82) is 0 Å². The predicted molar refractivity (Wildman–Crippen MR) is 168 cm³/mol. The third-order valence-electron chi connectivity index (χ3n) is 8.98. The number of ketones is 2. The lowest BCUT2D eigenvalue weighted by atomic mass is 9.62. The molecule has 218 valence electrons. The summed E-state index contributed by atoms with van der Waals surface area (Å²) < 4.78 is 11.1. The van der Waals surface area contributed by atoms with Crippen LogP contribution in [0.15, 0.2) is 116 Å². The Morgan fingerprint density at radius 2 is 1.68 bits per heavy atom. The highest BCUT2D eigenvalue weighted by Crippen LogP contribution is 2.62. The van der Waals surface area contributed by atoms with Gasteiger partial charge >= 0.3 is 0 Å². The van der Waals surface area contributed by atoms with E-state index in [-0.39, 0.29) is 17.5 Å². The SMILES string of the molecule is C=CCOc1ccc(C(=O)[C@@H]2[C@H](C(=O)c3cccc(OC)c3)N3C=Cc4ccccc4[C@@H]3[C@]23C(=O)Nc2ccccc23)cc1. The van der Waals surface area contributed by atoms with Crippen molar-refractivity contribution in [3.63, 3.8) is 0 Å². The molecule has 0 aromatic heterocycles. The number of para-hydroxylation sites is 1. The van der Waals surface area contributed by atoms with Crippen molar-refractivity contribution in [1.82, 2.24) is 4.90 Å². The van der Waals surface area contributed by atoms with Crippen molar-refractivity contribution in [3.8, 4) is 11.5 Å². The smallest absolute Gasteiger partial charge is 0.238 e. The summed E-state index contributed by atoms with van der Waals surface area (Å²) in [5, 5.41) is 3.08. The molecule has 3 heterocycles. The molecule has 1 fully saturated rings. The summed E-state index contributed by atoms with van der Waals surface area (Å²) in [5.41, 5.74) is 2.56. The Balaban J connectivity index is 1.48. The van der Waals surface area contributed by atoms with Crippen LogP contribution in [-0.2, 0) is 10.2 Å². The van der Waals surface area contributed by atoms with Crippen LogP contribution in [0.2, 0.25) is 0 Å². The van der Waals surface area contributed by atoms with E-state index in [0.29, 0.717) is 40.5 Å². The van der Waals surface area contributed by atoms with Gasteiger partial charge in [0.2, 0.25) is 5.91 Å². The van der Waals surface area contributed by atoms with Crippen LogP contribution >= 0.6 is 0 Å². The highest BCUT2D eigenvalue weighted by atomic mass is 16.5. The fourth-order valence-electron chi connectivity index (χ4n) is 7.16. The molecule has 0 aliphatic carbocycles. The standard InChI is InChI=1S/C37H30N2O5/c1-3-21-44-26-17-15-24(16-18-26)33(40)31-32(34(41)25-10-8-11-27(22-25)43-2)39-20-19-23-9-4-5-12-28(23)35(39)37(31)29-13-6-7-14-30(29)38-36(37)42/h3-20,22,31-32,35H,1,21H2,2H3,(H,38,42)/t31-,32+,35+,37+/m0/s1. The van der Waals surface area contributed by atoms with E-state index in [1.165, 1.54) is 0 Å². The monoisotopic (exact) mass is 582 g/mol. The third kappa shape index (κ3) is 4.00. The quantitative estimate of drug-likeness (QED) is 0.196. The molecule has 4 aromatic rings. The highest BCUT2D eigenvalue weighted by Gasteiger charge is 2.70. The van der Waals surface area contributed by atoms with Gasteiger partial charge in [-0.25, -0.2) is 0 Å². The maximum Gasteiger partial charge on any atom is 0.238 e. The predicted octanol–water partition coefficient (Wildman–Crippen LogP) is 6.24. The number of nitrogens with one attached hydrogen (secondary N) is 1. The van der Waals surface area contributed by atoms with Gasteiger partial charge in [0.05, 0.1) is 19.1 Å². The summed E-state index contributed by atoms with van der Waals surface area (Å²) in [6, 6.07) is 27.5. The third-order valence-corrected chi connectivity index (χ3v) is 8.98. The fourth-order valence-corrected chi connectivity index (χ4v) is 7.16. The Morgan fingerprint density at radius 1 is 0.909 bits per heavy atom. The van der Waals surface area contributed by atoms with Crippen molar-refractivity contribution in [3.05, 3.63) is 144 Å². The van der Waals surface area contributed by atoms with E-state index in [0.717, 1.165) is 11.1 Å². The first-order valence-corrected chi connectivity index (χ1v) is 14.5. The van der Waals surface area contributed by atoms with Gasteiger partial charge in [-0.1, -0.05) is 67.3 Å². The number of rotatable bonds is 8. The van der Waals surface area contributed by atoms with E-state index in [9.17, 15) is 14.4 Å². The second-order valence-electron chi connectivity index (χ2n) is 11.2. The van der Waals surface area contributed by atoms with E-state index in [1.54, 1.807) is 61.7 Å². The molecule has 0 radical (unpaired) electrons. The minimum Gasteiger partial charge on any atom is -0.497 e. The van der Waals surface area contributed by atoms with Crippen molar-refractivity contribution in [2.75, 3.05) is 19.0 Å². The first-order valence-electron chi connectivity index (χ1n) is 14.5. The largest absolute Gasteiger partial charge is 0.497 e. The minimum atomic E-state index is -1.40. The number of carbonyl (C=O) groups is 3. The van der Waals surface area contributed by atoms with Crippen molar-refractivity contribution >= 4 is 29.2 Å². The number of carbonyl (C=O) groups excluding carboxylic acids is 3. The Kier molecular flexibility index (Phi) is 6.66. The van der Waals surface area contributed by atoms with Crippen LogP contribution in [0.5, 0.6) is 11.5 Å². The summed E-state index contributed by atoms with van der Waals surface area (Å²) in [4.78, 5) is 46.2. The number of nitrogens with zero attached hydrogens (tertiary/aromatic N) is 1. The Labute approximate surface area is 255 Å². The van der Waals surface area contributed by atoms with Crippen LogP contribution < -0.4 is 14.8 Å². The van der Waals surface area contributed by atoms with E-state index in [4.69, 9.17) is 9.47 Å². The Morgan fingerprint density at radius 3 is 2.48 bits per heavy atom. The molecule has 3 aliphatic rings. The van der Waals surface area contributed by atoms with Crippen molar-refractivity contribution in [2.45, 2.75) is 17.5 Å². The molecule has 4 aromatic carbocycles. The Bertz CT molecular complexity index is 1840. The second-order valence-corrected chi connectivity index (χ2v) is 11.2. The zero-order valence-corrected chi connectivity index (χ0v) is 24.1. The van der Waals surface area contributed by atoms with Gasteiger partial charge in [-0.2, -0.15) is 0 Å². The topological polar surface area (TPSA) is 84.9 Å². The molecule has 7 nitrogen and oxygen atoms in total. The lowest BCUT2D eigenvalue weighted by Gasteiger charge is -2.38. The summed E-state index contributed by atoms with van der Waals surface area (Å²) in [5.74, 6) is -0.814. The number of hydrogen-bond acceptors (Lipinski definition) is 6. The lowest BCUT2D eigenvalue weighted by Crippen LogP contribution is -2.49. The molecule has 7 heteroatoms. The molecule has 44 heavy (non-hydrogen) atoms. The van der Waals surface area contributed by atoms with Crippen LogP contribution in [0.4, 0.5) is 5.69 Å². The molecular formula is C37H30N2O5. The molecule has 4 atom stereocenters. The summed E-state index contributed by atoms with van der Waals surface area (Å²) in [6.07, 6.45) is 5.46. The molecular weight excluding hydrogens is 552 g/mol. The average Bonchev–Trinajstić information content (AvgIpc) is 3.55. The van der Waals surface area contributed by atoms with Crippen LogP contribution in [0.3, 0.4) is 0 Å². The molecule has 7 rings (SSSR count). The van der Waals surface area contributed by atoms with Crippen molar-refractivity contribution < 1.29 is 23.9 Å². The summed E-state index contributed by atoms with van der Waals surface area (Å²) in [7, 11) is 1.54. The number of methoxy groups -OCH3 is 1. The van der Waals surface area contributed by atoms with Crippen LogP contribution in [0.25, 0.3) is 6.08 Å². The van der Waals surface area contributed by atoms with E-state index in [2.05, 4.69) is 11.9 Å². The summed E-state index contributed by atoms with van der Waals surface area (Å²) in [6.45, 7) is 4.01. The first-order chi connectivity index (χ1) is 21.5. The normalized spacial score (nSPS) is 22.5. The molecule has 1 amide bonds. The molecule has 0 saturated carbocycles. The van der Waals surface area contributed by atoms with E-state index in [1.807, 2.05) is 65.7 Å². The number of benzene rings is 4. The number of ether oxygens (including phenoxy) is 2. The number of fused-ring (bicyclic) bond motifs is 6. The van der Waals surface area contributed by atoms with Gasteiger partial charge in [-0.15, -0.1) is 0 Å². The fraction of sp³-hybridized carbons (Fsp3) is 0.162. The van der Waals surface area contributed by atoms with Crippen LogP contribution in [0.1, 0.15) is 43.4 Å². The molecule has 3 aliphatic heterocycles. The zero-order chi connectivity index (χ0) is 30.4. The van der Waals surface area contributed by atoms with Gasteiger partial charge in [0.1, 0.15) is 29.6 Å². The van der Waals surface area contributed by atoms with E-state index < -0.39 is 23.4 Å². The maximum absolute atomic E-state index is 14.9. The number of hydrogen-bond donors (Lipinski definition) is 1. The minimum absolute atomic E-state index is 0.267. The number of amides is 1. The lowest BCUT2D eigenvalue weighted by molar-refractivity contribution is -0.122. The van der Waals surface area contributed by atoms with Gasteiger partial charge in [-0.3, -0.25) is 14.4 Å². The first kappa shape index (κ1) is 27.4. The summed E-state index contributed by atoms with van der Waals surface area (Å²) >= 11 is 0.